The maximum atomic E-state index is 13.4. The molecule has 2 N–H and O–H groups in total. The summed E-state index contributed by atoms with van der Waals surface area (Å²) in [5.41, 5.74) is 1.19. The zero-order chi connectivity index (χ0) is 26.5. The molecule has 2 fully saturated rings. The lowest BCUT2D eigenvalue weighted by Gasteiger charge is -2.31. The molecule has 0 aromatic heterocycles. The number of hydrogen-bond donors (Lipinski definition) is 2. The van der Waals surface area contributed by atoms with E-state index in [1.54, 1.807) is 36.3 Å². The minimum absolute atomic E-state index is 0.0670. The number of benzene rings is 3. The van der Waals surface area contributed by atoms with Gasteiger partial charge in [-0.05, 0) is 54.1 Å². The van der Waals surface area contributed by atoms with E-state index < -0.39 is 17.7 Å². The molecule has 1 amide bonds. The van der Waals surface area contributed by atoms with E-state index in [1.165, 1.54) is 0 Å². The lowest BCUT2D eigenvalue weighted by molar-refractivity contribution is -0.140. The molecule has 8 heteroatoms. The van der Waals surface area contributed by atoms with Crippen molar-refractivity contribution in [3.63, 3.8) is 0 Å². The van der Waals surface area contributed by atoms with Gasteiger partial charge in [-0.15, -0.1) is 0 Å². The van der Waals surface area contributed by atoms with Crippen LogP contribution in [-0.4, -0.2) is 73.0 Å². The Kier molecular flexibility index (Phi) is 7.72. The van der Waals surface area contributed by atoms with Crippen LogP contribution >= 0.6 is 0 Å². The highest BCUT2D eigenvalue weighted by Crippen LogP contribution is 2.40. The van der Waals surface area contributed by atoms with Crippen LogP contribution in [0.1, 0.15) is 17.2 Å². The molecule has 0 aliphatic carbocycles. The summed E-state index contributed by atoms with van der Waals surface area (Å²) in [4.78, 5) is 30.5. The molecule has 1 atom stereocenters. The van der Waals surface area contributed by atoms with Crippen LogP contribution in [-0.2, 0) is 9.59 Å². The fraction of sp³-hybridized carbons (Fsp3) is 0.267. The van der Waals surface area contributed by atoms with E-state index in [-0.39, 0.29) is 11.3 Å². The summed E-state index contributed by atoms with van der Waals surface area (Å²) in [5, 5.41) is 14.7. The van der Waals surface area contributed by atoms with Gasteiger partial charge in [0, 0.05) is 44.8 Å². The third-order valence-electron chi connectivity index (χ3n) is 6.92. The van der Waals surface area contributed by atoms with Gasteiger partial charge < -0.3 is 24.8 Å². The maximum absolute atomic E-state index is 13.4. The zero-order valence-corrected chi connectivity index (χ0v) is 21.3. The van der Waals surface area contributed by atoms with Crippen LogP contribution in [0, 0.1) is 0 Å². The van der Waals surface area contributed by atoms with E-state index in [4.69, 9.17) is 9.47 Å². The van der Waals surface area contributed by atoms with E-state index in [9.17, 15) is 14.7 Å². The second-order valence-electron chi connectivity index (χ2n) is 9.30. The van der Waals surface area contributed by atoms with Crippen LogP contribution < -0.4 is 14.8 Å². The maximum Gasteiger partial charge on any atom is 0.295 e. The number of amides is 1. The highest BCUT2D eigenvalue weighted by molar-refractivity contribution is 6.46. The van der Waals surface area contributed by atoms with Crippen molar-refractivity contribution in [2.75, 3.05) is 46.4 Å². The lowest BCUT2D eigenvalue weighted by Crippen LogP contribution is -2.46. The summed E-state index contributed by atoms with van der Waals surface area (Å²) >= 11 is 0. The molecule has 0 radical (unpaired) electrons. The van der Waals surface area contributed by atoms with Gasteiger partial charge >= 0.3 is 0 Å². The van der Waals surface area contributed by atoms with Crippen molar-refractivity contribution >= 4 is 17.4 Å². The first-order valence-electron chi connectivity index (χ1n) is 12.7. The van der Waals surface area contributed by atoms with Gasteiger partial charge in [-0.2, -0.15) is 0 Å². The predicted octanol–water partition coefficient (Wildman–Crippen LogP) is 3.81. The summed E-state index contributed by atoms with van der Waals surface area (Å²) in [7, 11) is 1.56. The first-order chi connectivity index (χ1) is 18.5. The minimum atomic E-state index is -0.751. The van der Waals surface area contributed by atoms with Gasteiger partial charge in [-0.1, -0.05) is 30.3 Å². The Hall–Kier alpha value is -4.14. The molecule has 3 aromatic rings. The molecular formula is C30H31N3O5. The fourth-order valence-electron chi connectivity index (χ4n) is 4.92. The Morgan fingerprint density at radius 3 is 2.32 bits per heavy atom. The van der Waals surface area contributed by atoms with Crippen molar-refractivity contribution in [2.24, 2.45) is 0 Å². The van der Waals surface area contributed by atoms with E-state index in [2.05, 4.69) is 10.2 Å². The Morgan fingerprint density at radius 2 is 1.61 bits per heavy atom. The van der Waals surface area contributed by atoms with Crippen molar-refractivity contribution in [2.45, 2.75) is 6.04 Å². The Morgan fingerprint density at radius 1 is 0.895 bits per heavy atom. The number of ketones is 1. The number of nitrogens with zero attached hydrogens (tertiary/aromatic N) is 2. The number of hydrogen-bond acceptors (Lipinski definition) is 7. The number of ether oxygens (including phenoxy) is 2. The Labute approximate surface area is 222 Å². The summed E-state index contributed by atoms with van der Waals surface area (Å²) in [6.45, 7) is 4.52. The number of likely N-dealkylation sites (tertiary alicyclic amines) is 1. The second-order valence-corrected chi connectivity index (χ2v) is 9.30. The summed E-state index contributed by atoms with van der Waals surface area (Å²) in [6.07, 6.45) is 0. The van der Waals surface area contributed by atoms with Gasteiger partial charge in [0.1, 0.15) is 23.0 Å². The third kappa shape index (κ3) is 5.41. The number of Topliss-reactive ketones (excluding diaryl/α,β-unsaturated/α-hetero) is 1. The van der Waals surface area contributed by atoms with Gasteiger partial charge in [0.2, 0.25) is 0 Å². The topological polar surface area (TPSA) is 91.3 Å². The molecule has 2 aliphatic rings. The molecule has 0 saturated carbocycles. The lowest BCUT2D eigenvalue weighted by atomic mass is 9.95. The minimum Gasteiger partial charge on any atom is -0.507 e. The molecule has 8 nitrogen and oxygen atoms in total. The van der Waals surface area contributed by atoms with E-state index >= 15 is 0 Å². The predicted molar refractivity (Wildman–Crippen MR) is 144 cm³/mol. The largest absolute Gasteiger partial charge is 0.507 e. The van der Waals surface area contributed by atoms with Crippen LogP contribution in [0.15, 0.2) is 84.4 Å². The van der Waals surface area contributed by atoms with Gasteiger partial charge in [0.15, 0.2) is 0 Å². The quantitative estimate of drug-likeness (QED) is 0.269. The molecule has 2 saturated heterocycles. The number of nitrogens with one attached hydrogen (secondary N) is 1. The number of piperazine rings is 1. The van der Waals surface area contributed by atoms with Crippen molar-refractivity contribution in [3.8, 4) is 17.2 Å². The standard InChI is InChI=1S/C30H31N3O5/c1-37-23-12-10-21(11-13-23)28(34)26-27(22-6-5-9-25(20-22)38-24-7-3-2-4-8-24)33(30(36)29(26)35)19-18-32-16-14-31-15-17-32/h2-13,20,27,31,34H,14-19H2,1H3/t27-/m0/s1. The smallest absolute Gasteiger partial charge is 0.295 e. The Balaban J connectivity index is 1.53. The molecule has 0 unspecified atom stereocenters. The number of para-hydroxylation sites is 1. The first-order valence-corrected chi connectivity index (χ1v) is 12.7. The average molecular weight is 514 g/mol. The molecular weight excluding hydrogens is 482 g/mol. The number of carbonyl (C=O) groups excluding carboxylic acids is 2. The number of aliphatic hydroxyl groups is 1. The molecule has 3 aromatic carbocycles. The van der Waals surface area contributed by atoms with Gasteiger partial charge in [0.25, 0.3) is 11.7 Å². The molecule has 38 heavy (non-hydrogen) atoms. The van der Waals surface area contributed by atoms with E-state index in [0.717, 1.165) is 26.2 Å². The highest BCUT2D eigenvalue weighted by atomic mass is 16.5. The molecule has 5 rings (SSSR count). The van der Waals surface area contributed by atoms with Crippen LogP contribution in [0.4, 0.5) is 0 Å². The SMILES string of the molecule is COc1ccc(C(O)=C2C(=O)C(=O)N(CCN3CCNCC3)[C@H]2c2cccc(Oc3ccccc3)c2)cc1. The summed E-state index contributed by atoms with van der Waals surface area (Å²) < 4.78 is 11.3. The molecule has 196 valence electrons. The van der Waals surface area contributed by atoms with Crippen LogP contribution in [0.2, 0.25) is 0 Å². The number of rotatable bonds is 8. The normalized spacial score (nSPS) is 19.5. The molecule has 2 aliphatic heterocycles. The van der Waals surface area contributed by atoms with Crippen molar-refractivity contribution in [1.82, 2.24) is 15.1 Å². The number of aliphatic hydroxyl groups excluding tert-OH is 1. The molecule has 0 spiro atoms. The first kappa shape index (κ1) is 25.5. The molecule has 2 heterocycles. The summed E-state index contributed by atoms with van der Waals surface area (Å²) in [6, 6.07) is 22.7. The van der Waals surface area contributed by atoms with Gasteiger partial charge in [-0.25, -0.2) is 0 Å². The highest BCUT2D eigenvalue weighted by Gasteiger charge is 2.46. The van der Waals surface area contributed by atoms with Crippen LogP contribution in [0.3, 0.4) is 0 Å². The van der Waals surface area contributed by atoms with Crippen molar-refractivity contribution < 1.29 is 24.2 Å². The number of methoxy groups -OCH3 is 1. The second kappa shape index (κ2) is 11.5. The van der Waals surface area contributed by atoms with Gasteiger partial charge in [-0.3, -0.25) is 14.5 Å². The monoisotopic (exact) mass is 513 g/mol. The average Bonchev–Trinajstić information content (AvgIpc) is 3.22. The van der Waals surface area contributed by atoms with E-state index in [1.807, 2.05) is 54.6 Å². The Bertz CT molecular complexity index is 1320. The summed E-state index contributed by atoms with van der Waals surface area (Å²) in [5.74, 6) is 0.351. The van der Waals surface area contributed by atoms with Crippen LogP contribution in [0.5, 0.6) is 17.2 Å². The van der Waals surface area contributed by atoms with Crippen LogP contribution in [0.25, 0.3) is 5.76 Å². The third-order valence-corrected chi connectivity index (χ3v) is 6.92. The fourth-order valence-corrected chi connectivity index (χ4v) is 4.92. The van der Waals surface area contributed by atoms with Gasteiger partial charge in [0.05, 0.1) is 18.7 Å². The number of carbonyl (C=O) groups is 2. The van der Waals surface area contributed by atoms with Crippen molar-refractivity contribution in [1.29, 1.82) is 0 Å². The molecule has 0 bridgehead atoms. The van der Waals surface area contributed by atoms with E-state index in [0.29, 0.717) is 41.5 Å². The van der Waals surface area contributed by atoms with Crippen molar-refractivity contribution in [3.05, 3.63) is 95.6 Å². The zero-order valence-electron chi connectivity index (χ0n) is 21.3.